The number of anilines is 1. The van der Waals surface area contributed by atoms with Crippen molar-refractivity contribution in [3.8, 4) is 11.5 Å². The van der Waals surface area contributed by atoms with Gasteiger partial charge in [-0.05, 0) is 37.5 Å². The fourth-order valence-corrected chi connectivity index (χ4v) is 4.91. The number of fused-ring (bicyclic) bond motifs is 1. The van der Waals surface area contributed by atoms with Gasteiger partial charge in [0.1, 0.15) is 19.3 Å². The van der Waals surface area contributed by atoms with Gasteiger partial charge in [-0.1, -0.05) is 37.3 Å². The van der Waals surface area contributed by atoms with Crippen LogP contribution in [-0.2, 0) is 26.2 Å². The van der Waals surface area contributed by atoms with Crippen LogP contribution in [0.25, 0.3) is 0 Å². The van der Waals surface area contributed by atoms with Crippen molar-refractivity contribution < 1.29 is 27.5 Å². The van der Waals surface area contributed by atoms with Gasteiger partial charge in [0.05, 0.1) is 11.9 Å². The van der Waals surface area contributed by atoms with E-state index in [1.54, 1.807) is 30.0 Å². The van der Waals surface area contributed by atoms with Gasteiger partial charge in [-0.2, -0.15) is 0 Å². The van der Waals surface area contributed by atoms with E-state index >= 15 is 0 Å². The van der Waals surface area contributed by atoms with Gasteiger partial charge in [0.15, 0.2) is 11.5 Å². The van der Waals surface area contributed by atoms with Crippen molar-refractivity contribution in [1.29, 1.82) is 0 Å². The molecule has 9 nitrogen and oxygen atoms in total. The standard InChI is InChI=1S/C26H35N3O6S/c1-4-14-27-26(31)20(2)28(19-21-9-6-5-7-10-21)25(30)11-8-15-29(36(3,32)33)22-12-13-23-24(18-22)35-17-16-34-23/h5-7,9-10,12-13,18,20H,4,8,11,14-17,19H2,1-3H3,(H,27,31)/t20-/m1/s1. The molecule has 2 amide bonds. The van der Waals surface area contributed by atoms with Crippen LogP contribution in [0.4, 0.5) is 5.69 Å². The maximum Gasteiger partial charge on any atom is 0.242 e. The van der Waals surface area contributed by atoms with E-state index in [2.05, 4.69) is 5.32 Å². The summed E-state index contributed by atoms with van der Waals surface area (Å²) in [5.41, 5.74) is 1.36. The Morgan fingerprint density at radius 1 is 1.06 bits per heavy atom. The summed E-state index contributed by atoms with van der Waals surface area (Å²) < 4.78 is 37.5. The summed E-state index contributed by atoms with van der Waals surface area (Å²) in [5, 5.41) is 2.85. The van der Waals surface area contributed by atoms with Gasteiger partial charge < -0.3 is 19.7 Å². The summed E-state index contributed by atoms with van der Waals surface area (Å²) >= 11 is 0. The van der Waals surface area contributed by atoms with Gasteiger partial charge in [-0.3, -0.25) is 13.9 Å². The molecular weight excluding hydrogens is 482 g/mol. The summed E-state index contributed by atoms with van der Waals surface area (Å²) in [5.74, 6) is 0.633. The molecule has 196 valence electrons. The number of amides is 2. The molecular formula is C26H35N3O6S. The highest BCUT2D eigenvalue weighted by Gasteiger charge is 2.27. The van der Waals surface area contributed by atoms with Crippen molar-refractivity contribution in [2.75, 3.05) is 36.9 Å². The van der Waals surface area contributed by atoms with Gasteiger partial charge in [0, 0.05) is 32.1 Å². The van der Waals surface area contributed by atoms with E-state index in [1.807, 2.05) is 37.3 Å². The molecule has 1 heterocycles. The van der Waals surface area contributed by atoms with Gasteiger partial charge >= 0.3 is 0 Å². The van der Waals surface area contributed by atoms with Crippen LogP contribution in [0.5, 0.6) is 11.5 Å². The first kappa shape index (κ1) is 27.3. The average Bonchev–Trinajstić information content (AvgIpc) is 2.87. The molecule has 36 heavy (non-hydrogen) atoms. The number of benzene rings is 2. The Hall–Kier alpha value is -3.27. The lowest BCUT2D eigenvalue weighted by molar-refractivity contribution is -0.140. The Bertz CT molecular complexity index is 1140. The molecule has 1 aliphatic rings. The highest BCUT2D eigenvalue weighted by atomic mass is 32.2. The largest absolute Gasteiger partial charge is 0.486 e. The second kappa shape index (κ2) is 12.6. The lowest BCUT2D eigenvalue weighted by Crippen LogP contribution is -2.47. The molecule has 0 fully saturated rings. The topological polar surface area (TPSA) is 105 Å². The molecule has 1 atom stereocenters. The number of nitrogens with one attached hydrogen (secondary N) is 1. The third kappa shape index (κ3) is 7.36. The molecule has 2 aromatic rings. The summed E-state index contributed by atoms with van der Waals surface area (Å²) in [6.45, 7) is 5.45. The molecule has 0 aliphatic carbocycles. The van der Waals surface area contributed by atoms with E-state index in [4.69, 9.17) is 9.47 Å². The molecule has 0 saturated heterocycles. The third-order valence-electron chi connectivity index (χ3n) is 5.88. The van der Waals surface area contributed by atoms with Crippen molar-refractivity contribution in [1.82, 2.24) is 10.2 Å². The van der Waals surface area contributed by atoms with Gasteiger partial charge in [0.2, 0.25) is 21.8 Å². The van der Waals surface area contributed by atoms with E-state index in [0.717, 1.165) is 18.2 Å². The Labute approximate surface area is 213 Å². The molecule has 0 aromatic heterocycles. The zero-order chi connectivity index (χ0) is 26.1. The average molecular weight is 518 g/mol. The molecule has 1 N–H and O–H groups in total. The smallest absolute Gasteiger partial charge is 0.242 e. The van der Waals surface area contributed by atoms with Crippen LogP contribution in [0.15, 0.2) is 48.5 Å². The Kier molecular flexibility index (Phi) is 9.58. The van der Waals surface area contributed by atoms with Crippen LogP contribution in [0.1, 0.15) is 38.7 Å². The van der Waals surface area contributed by atoms with E-state index in [-0.39, 0.29) is 31.2 Å². The molecule has 3 rings (SSSR count). The normalized spacial score (nSPS) is 13.5. The molecule has 10 heteroatoms. The summed E-state index contributed by atoms with van der Waals surface area (Å²) in [4.78, 5) is 27.5. The first-order chi connectivity index (χ1) is 17.2. The van der Waals surface area contributed by atoms with Crippen LogP contribution in [-0.4, -0.2) is 63.7 Å². The Balaban J connectivity index is 1.71. The lowest BCUT2D eigenvalue weighted by atomic mass is 10.1. The number of sulfonamides is 1. The second-order valence-corrected chi connectivity index (χ2v) is 10.6. The van der Waals surface area contributed by atoms with Gasteiger partial charge in [-0.25, -0.2) is 8.42 Å². The van der Waals surface area contributed by atoms with Crippen LogP contribution in [0.3, 0.4) is 0 Å². The summed E-state index contributed by atoms with van der Waals surface area (Å²) in [7, 11) is -3.60. The zero-order valence-corrected chi connectivity index (χ0v) is 21.9. The predicted molar refractivity (Wildman–Crippen MR) is 139 cm³/mol. The third-order valence-corrected chi connectivity index (χ3v) is 7.07. The summed E-state index contributed by atoms with van der Waals surface area (Å²) in [6, 6.07) is 13.8. The van der Waals surface area contributed by atoms with E-state index in [1.165, 1.54) is 4.31 Å². The Morgan fingerprint density at radius 3 is 2.42 bits per heavy atom. The molecule has 2 aromatic carbocycles. The number of ether oxygens (including phenoxy) is 2. The minimum atomic E-state index is -3.60. The molecule has 0 bridgehead atoms. The lowest BCUT2D eigenvalue weighted by Gasteiger charge is -2.29. The van der Waals surface area contributed by atoms with Crippen molar-refractivity contribution in [3.05, 3.63) is 54.1 Å². The van der Waals surface area contributed by atoms with Crippen LogP contribution in [0.2, 0.25) is 0 Å². The number of carbonyl (C=O) groups excluding carboxylic acids is 2. The number of hydrogen-bond acceptors (Lipinski definition) is 6. The zero-order valence-electron chi connectivity index (χ0n) is 21.1. The summed E-state index contributed by atoms with van der Waals surface area (Å²) in [6.07, 6.45) is 2.31. The van der Waals surface area contributed by atoms with Gasteiger partial charge in [0.25, 0.3) is 0 Å². The minimum Gasteiger partial charge on any atom is -0.486 e. The van der Waals surface area contributed by atoms with Crippen LogP contribution >= 0.6 is 0 Å². The van der Waals surface area contributed by atoms with E-state index in [0.29, 0.717) is 43.5 Å². The molecule has 0 saturated carbocycles. The Morgan fingerprint density at radius 2 is 1.75 bits per heavy atom. The number of rotatable bonds is 12. The van der Waals surface area contributed by atoms with Crippen molar-refractivity contribution >= 4 is 27.5 Å². The predicted octanol–water partition coefficient (Wildman–Crippen LogP) is 2.95. The van der Waals surface area contributed by atoms with E-state index in [9.17, 15) is 18.0 Å². The minimum absolute atomic E-state index is 0.0921. The number of nitrogens with zero attached hydrogens (tertiary/aromatic N) is 2. The second-order valence-electron chi connectivity index (χ2n) is 8.74. The SMILES string of the molecule is CCCNC(=O)[C@@H](C)N(Cc1ccccc1)C(=O)CCCN(c1ccc2c(c1)OCCO2)S(C)(=O)=O. The van der Waals surface area contributed by atoms with Crippen molar-refractivity contribution in [2.45, 2.75) is 45.7 Å². The molecule has 1 aliphatic heterocycles. The van der Waals surface area contributed by atoms with Crippen molar-refractivity contribution in [2.24, 2.45) is 0 Å². The maximum atomic E-state index is 13.3. The fraction of sp³-hybridized carbons (Fsp3) is 0.462. The van der Waals surface area contributed by atoms with E-state index < -0.39 is 16.1 Å². The maximum absolute atomic E-state index is 13.3. The molecule has 0 radical (unpaired) electrons. The first-order valence-electron chi connectivity index (χ1n) is 12.2. The van der Waals surface area contributed by atoms with Crippen LogP contribution < -0.4 is 19.1 Å². The van der Waals surface area contributed by atoms with Crippen molar-refractivity contribution in [3.63, 3.8) is 0 Å². The highest BCUT2D eigenvalue weighted by molar-refractivity contribution is 7.92. The molecule has 0 unspecified atom stereocenters. The monoisotopic (exact) mass is 517 g/mol. The van der Waals surface area contributed by atoms with Crippen LogP contribution in [0, 0.1) is 0 Å². The fourth-order valence-electron chi connectivity index (χ4n) is 3.95. The quantitative estimate of drug-likeness (QED) is 0.464. The first-order valence-corrected chi connectivity index (χ1v) is 14.0. The van der Waals surface area contributed by atoms with Gasteiger partial charge in [-0.15, -0.1) is 0 Å². The highest BCUT2D eigenvalue weighted by Crippen LogP contribution is 2.34. The number of carbonyl (C=O) groups is 2. The molecule has 0 spiro atoms. The number of hydrogen-bond donors (Lipinski definition) is 1.